The highest BCUT2D eigenvalue weighted by atomic mass is 16.4. The minimum absolute atomic E-state index is 0.147. The molecule has 0 saturated carbocycles. The predicted octanol–water partition coefficient (Wildman–Crippen LogP) is 1.18. The van der Waals surface area contributed by atoms with E-state index in [9.17, 15) is 14.4 Å². The quantitative estimate of drug-likeness (QED) is 0.530. The Kier molecular flexibility index (Phi) is 6.89. The summed E-state index contributed by atoms with van der Waals surface area (Å²) in [6, 6.07) is -1.80. The lowest BCUT2D eigenvalue weighted by atomic mass is 9.99. The monoisotopic (exact) mass is 274 g/mol. The van der Waals surface area contributed by atoms with Gasteiger partial charge in [-0.3, -0.25) is 4.79 Å². The molecule has 4 N–H and O–H groups in total. The number of carboxylic acids is 2. The second-order valence-corrected chi connectivity index (χ2v) is 5.06. The van der Waals surface area contributed by atoms with Crippen LogP contribution < -0.4 is 10.6 Å². The van der Waals surface area contributed by atoms with Gasteiger partial charge >= 0.3 is 18.0 Å². The molecule has 19 heavy (non-hydrogen) atoms. The maximum Gasteiger partial charge on any atom is 0.326 e. The Morgan fingerprint density at radius 1 is 1.21 bits per heavy atom. The molecule has 0 bridgehead atoms. The molecular weight excluding hydrogens is 252 g/mol. The maximum atomic E-state index is 11.7. The molecule has 0 rings (SSSR count). The largest absolute Gasteiger partial charge is 0.481 e. The summed E-state index contributed by atoms with van der Waals surface area (Å²) in [5.74, 6) is -2.34. The molecule has 0 radical (unpaired) electrons. The molecule has 110 valence electrons. The number of hydrogen-bond donors (Lipinski definition) is 4. The zero-order valence-electron chi connectivity index (χ0n) is 11.5. The number of hydrogen-bond acceptors (Lipinski definition) is 3. The zero-order valence-corrected chi connectivity index (χ0v) is 11.5. The summed E-state index contributed by atoms with van der Waals surface area (Å²) in [5, 5.41) is 22.4. The van der Waals surface area contributed by atoms with Crippen LogP contribution in [0.2, 0.25) is 0 Å². The van der Waals surface area contributed by atoms with Gasteiger partial charge in [0.2, 0.25) is 0 Å². The van der Waals surface area contributed by atoms with Gasteiger partial charge in [0.05, 0.1) is 0 Å². The van der Waals surface area contributed by atoms with Crippen LogP contribution in [0.1, 0.15) is 46.5 Å². The van der Waals surface area contributed by atoms with E-state index in [1.807, 2.05) is 20.8 Å². The van der Waals surface area contributed by atoms with Gasteiger partial charge in [-0.15, -0.1) is 0 Å². The molecule has 7 heteroatoms. The lowest BCUT2D eigenvalue weighted by molar-refractivity contribution is -0.140. The van der Waals surface area contributed by atoms with E-state index in [-0.39, 0.29) is 12.8 Å². The first-order valence-corrected chi connectivity index (χ1v) is 6.21. The van der Waals surface area contributed by atoms with E-state index < -0.39 is 29.6 Å². The van der Waals surface area contributed by atoms with Crippen LogP contribution in [-0.2, 0) is 9.59 Å². The highest BCUT2D eigenvalue weighted by Gasteiger charge is 2.24. The fourth-order valence-electron chi connectivity index (χ4n) is 1.71. The molecule has 0 aromatic rings. The first-order valence-electron chi connectivity index (χ1n) is 6.21. The Morgan fingerprint density at radius 3 is 2.21 bits per heavy atom. The van der Waals surface area contributed by atoms with Crippen LogP contribution >= 0.6 is 0 Å². The first-order chi connectivity index (χ1) is 8.68. The molecule has 0 aliphatic rings. The highest BCUT2D eigenvalue weighted by Crippen LogP contribution is 2.10. The van der Waals surface area contributed by atoms with Crippen LogP contribution in [0.5, 0.6) is 0 Å². The van der Waals surface area contributed by atoms with Crippen LogP contribution in [-0.4, -0.2) is 39.8 Å². The van der Waals surface area contributed by atoms with Gasteiger partial charge in [-0.2, -0.15) is 0 Å². The van der Waals surface area contributed by atoms with Crippen LogP contribution in [0.25, 0.3) is 0 Å². The summed E-state index contributed by atoms with van der Waals surface area (Å²) in [4.78, 5) is 33.0. The summed E-state index contributed by atoms with van der Waals surface area (Å²) in [6.07, 6.45) is 1.18. The molecule has 0 heterocycles. The lowest BCUT2D eigenvalue weighted by Gasteiger charge is -2.26. The average Bonchev–Trinajstić information content (AvgIpc) is 2.22. The molecule has 0 fully saturated rings. The van der Waals surface area contributed by atoms with Gasteiger partial charge in [0.1, 0.15) is 6.04 Å². The van der Waals surface area contributed by atoms with E-state index >= 15 is 0 Å². The van der Waals surface area contributed by atoms with Crippen molar-refractivity contribution in [3.05, 3.63) is 0 Å². The van der Waals surface area contributed by atoms with Crippen molar-refractivity contribution in [1.82, 2.24) is 10.6 Å². The van der Waals surface area contributed by atoms with Gasteiger partial charge in [-0.1, -0.05) is 13.3 Å². The SMILES string of the molecule is CCCC(C)(C)NC(=O)NC(CCC(=O)O)C(=O)O. The van der Waals surface area contributed by atoms with Crippen LogP contribution in [0.15, 0.2) is 0 Å². The van der Waals surface area contributed by atoms with Crippen LogP contribution in [0, 0.1) is 0 Å². The third-order valence-corrected chi connectivity index (χ3v) is 2.58. The third kappa shape index (κ3) is 8.01. The number of carbonyl (C=O) groups is 3. The molecule has 7 nitrogen and oxygen atoms in total. The van der Waals surface area contributed by atoms with E-state index in [4.69, 9.17) is 10.2 Å². The minimum atomic E-state index is -1.25. The Bertz CT molecular complexity index is 341. The van der Waals surface area contributed by atoms with Crippen molar-refractivity contribution >= 4 is 18.0 Å². The average molecular weight is 274 g/mol. The molecule has 0 aromatic carbocycles. The molecule has 2 amide bonds. The molecule has 0 spiro atoms. The maximum absolute atomic E-state index is 11.7. The fourth-order valence-corrected chi connectivity index (χ4v) is 1.71. The number of carboxylic acid groups (broad SMARTS) is 2. The summed E-state index contributed by atoms with van der Waals surface area (Å²) < 4.78 is 0. The third-order valence-electron chi connectivity index (χ3n) is 2.58. The molecule has 1 unspecified atom stereocenters. The normalized spacial score (nSPS) is 12.6. The van der Waals surface area contributed by atoms with Crippen molar-refractivity contribution in [1.29, 1.82) is 0 Å². The number of aliphatic carboxylic acids is 2. The standard InChI is InChI=1S/C12H22N2O5/c1-4-7-12(2,3)14-11(19)13-8(10(17)18)5-6-9(15)16/h8H,4-7H2,1-3H3,(H,15,16)(H,17,18)(H2,13,14,19). The van der Waals surface area contributed by atoms with Gasteiger partial charge in [-0.05, 0) is 26.7 Å². The molecule has 0 aliphatic heterocycles. The molecular formula is C12H22N2O5. The van der Waals surface area contributed by atoms with Crippen LogP contribution in [0.3, 0.4) is 0 Å². The summed E-state index contributed by atoms with van der Waals surface area (Å²) >= 11 is 0. The number of urea groups is 1. The zero-order chi connectivity index (χ0) is 15.1. The second-order valence-electron chi connectivity index (χ2n) is 5.06. The minimum Gasteiger partial charge on any atom is -0.481 e. The van der Waals surface area contributed by atoms with Crippen molar-refractivity contribution in [2.24, 2.45) is 0 Å². The molecule has 0 aliphatic carbocycles. The second kappa shape index (κ2) is 7.60. The Labute approximate surface area is 112 Å². The van der Waals surface area contributed by atoms with E-state index in [1.165, 1.54) is 0 Å². The van der Waals surface area contributed by atoms with E-state index in [0.29, 0.717) is 0 Å². The summed E-state index contributed by atoms with van der Waals surface area (Å²) in [6.45, 7) is 5.65. The fraction of sp³-hybridized carbons (Fsp3) is 0.750. The van der Waals surface area contributed by atoms with Gasteiger partial charge in [0.25, 0.3) is 0 Å². The number of rotatable bonds is 8. The van der Waals surface area contributed by atoms with E-state index in [2.05, 4.69) is 10.6 Å². The molecule has 1 atom stereocenters. The Balaban J connectivity index is 4.39. The summed E-state index contributed by atoms with van der Waals surface area (Å²) in [7, 11) is 0. The van der Waals surface area contributed by atoms with Crippen LogP contribution in [0.4, 0.5) is 4.79 Å². The van der Waals surface area contributed by atoms with Crippen molar-refractivity contribution in [3.8, 4) is 0 Å². The van der Waals surface area contributed by atoms with Gasteiger partial charge in [0, 0.05) is 12.0 Å². The number of nitrogens with one attached hydrogen (secondary N) is 2. The molecule has 0 saturated heterocycles. The lowest BCUT2D eigenvalue weighted by Crippen LogP contribution is -2.52. The van der Waals surface area contributed by atoms with Crippen molar-refractivity contribution in [3.63, 3.8) is 0 Å². The smallest absolute Gasteiger partial charge is 0.326 e. The topological polar surface area (TPSA) is 116 Å². The van der Waals surface area contributed by atoms with E-state index in [1.54, 1.807) is 0 Å². The van der Waals surface area contributed by atoms with Gasteiger partial charge < -0.3 is 20.8 Å². The summed E-state index contributed by atoms with van der Waals surface area (Å²) in [5.41, 5.74) is -0.436. The van der Waals surface area contributed by atoms with Crippen molar-refractivity contribution < 1.29 is 24.6 Å². The predicted molar refractivity (Wildman–Crippen MR) is 68.9 cm³/mol. The number of carbonyl (C=O) groups excluding carboxylic acids is 1. The van der Waals surface area contributed by atoms with Crippen molar-refractivity contribution in [2.45, 2.75) is 58.0 Å². The van der Waals surface area contributed by atoms with Gasteiger partial charge in [-0.25, -0.2) is 9.59 Å². The molecule has 0 aromatic heterocycles. The highest BCUT2D eigenvalue weighted by molar-refractivity contribution is 5.83. The van der Waals surface area contributed by atoms with Crippen molar-refractivity contribution in [2.75, 3.05) is 0 Å². The van der Waals surface area contributed by atoms with Gasteiger partial charge in [0.15, 0.2) is 0 Å². The Hall–Kier alpha value is -1.79. The Morgan fingerprint density at radius 2 is 1.79 bits per heavy atom. The number of amides is 2. The van der Waals surface area contributed by atoms with E-state index in [0.717, 1.165) is 12.8 Å². The first kappa shape index (κ1) is 17.2.